The molecule has 0 fully saturated rings. The highest BCUT2D eigenvalue weighted by Gasteiger charge is 2.30. The van der Waals surface area contributed by atoms with E-state index >= 15 is 0 Å². The summed E-state index contributed by atoms with van der Waals surface area (Å²) in [6, 6.07) is 0. The third kappa shape index (κ3) is 72.4. The lowest BCUT2D eigenvalue weighted by Gasteiger charge is -2.21. The molecular weight excluding hydrogens is 1280 g/mol. The first-order valence-electron chi connectivity index (χ1n) is 40.7. The minimum absolute atomic E-state index is 0.105. The van der Waals surface area contributed by atoms with Gasteiger partial charge in [0.15, 0.2) is 12.2 Å². The second-order valence-corrected chi connectivity index (χ2v) is 33.3. The van der Waals surface area contributed by atoms with Gasteiger partial charge in [-0.15, -0.1) is 0 Å². The van der Waals surface area contributed by atoms with Gasteiger partial charge in [0.2, 0.25) is 0 Å². The maximum absolute atomic E-state index is 13.1. The van der Waals surface area contributed by atoms with E-state index in [4.69, 9.17) is 37.0 Å². The van der Waals surface area contributed by atoms with E-state index in [1.165, 1.54) is 199 Å². The molecule has 0 heterocycles. The van der Waals surface area contributed by atoms with Gasteiger partial charge >= 0.3 is 39.5 Å². The largest absolute Gasteiger partial charge is 0.472 e. The summed E-state index contributed by atoms with van der Waals surface area (Å²) in [6.07, 6.45) is 54.4. The van der Waals surface area contributed by atoms with E-state index in [-0.39, 0.29) is 25.7 Å². The predicted octanol–water partition coefficient (Wildman–Crippen LogP) is 23.2. The molecule has 17 nitrogen and oxygen atoms in total. The lowest BCUT2D eigenvalue weighted by atomic mass is 10.0. The average Bonchev–Trinajstić information content (AvgIpc) is 1.04. The zero-order valence-electron chi connectivity index (χ0n) is 64.4. The van der Waals surface area contributed by atoms with E-state index in [2.05, 4.69) is 55.4 Å². The molecule has 0 aromatic heterocycles. The molecule has 0 aliphatic rings. The molecule has 582 valence electrons. The molecule has 3 N–H and O–H groups in total. The monoisotopic (exact) mass is 1440 g/mol. The summed E-state index contributed by atoms with van der Waals surface area (Å²) in [5.74, 6) is 0.912. The Balaban J connectivity index is 5.18. The van der Waals surface area contributed by atoms with Crippen LogP contribution in [0.25, 0.3) is 0 Å². The number of phosphoric ester groups is 2. The van der Waals surface area contributed by atoms with Crippen molar-refractivity contribution in [3.63, 3.8) is 0 Å². The highest BCUT2D eigenvalue weighted by molar-refractivity contribution is 7.47. The van der Waals surface area contributed by atoms with Gasteiger partial charge in [-0.2, -0.15) is 0 Å². The fourth-order valence-electron chi connectivity index (χ4n) is 12.1. The third-order valence-electron chi connectivity index (χ3n) is 18.3. The Labute approximate surface area is 600 Å². The SMILES string of the molecule is CC(C)CCCCCCCCCCCCCCCCCCCCC(=O)OC[C@H](COP(=O)(O)OC[C@@H](O)COP(=O)(O)OC[C@@H](COC(=O)CCCCCCCCC(C)C)OC(=O)CCCCCCCCCCCCCCC(C)C)OC(=O)CCCCCCCCCCCCC(C)C. The molecule has 0 aliphatic carbocycles. The van der Waals surface area contributed by atoms with Crippen molar-refractivity contribution in [1.82, 2.24) is 0 Å². The van der Waals surface area contributed by atoms with E-state index in [9.17, 15) is 43.2 Å². The third-order valence-corrected chi connectivity index (χ3v) is 20.2. The molecule has 0 saturated carbocycles. The van der Waals surface area contributed by atoms with Crippen LogP contribution in [0.15, 0.2) is 0 Å². The summed E-state index contributed by atoms with van der Waals surface area (Å²) >= 11 is 0. The number of rotatable bonds is 76. The summed E-state index contributed by atoms with van der Waals surface area (Å²) in [5, 5.41) is 10.6. The number of esters is 4. The van der Waals surface area contributed by atoms with Crippen molar-refractivity contribution < 1.29 is 80.2 Å². The average molecular weight is 1440 g/mol. The summed E-state index contributed by atoms with van der Waals surface area (Å²) in [4.78, 5) is 72.9. The Morgan fingerprint density at radius 3 is 0.633 bits per heavy atom. The van der Waals surface area contributed by atoms with Gasteiger partial charge in [0.05, 0.1) is 26.4 Å². The standard InChI is InChI=1S/C79H154O17P2/c1-69(2)55-47-39-31-25-19-15-13-11-9-10-12-14-16-21-28-34-43-51-59-76(81)89-65-74(95-79(84)62-54-46-36-30-24-23-27-33-41-49-57-71(5)6)67-93-97(85,86)91-63-73(80)64-92-98(87,88)94-68-75(66-90-77(82)60-52-44-38-37-42-50-58-72(7)8)96-78(83)61-53-45-35-29-22-18-17-20-26-32-40-48-56-70(3)4/h69-75,80H,9-68H2,1-8H3,(H,85,86)(H,87,88)/t73-,74-,75-/m1/s1. The minimum atomic E-state index is -4.96. The predicted molar refractivity (Wildman–Crippen MR) is 400 cm³/mol. The van der Waals surface area contributed by atoms with Gasteiger partial charge in [-0.25, -0.2) is 9.13 Å². The van der Waals surface area contributed by atoms with Crippen LogP contribution in [0.5, 0.6) is 0 Å². The molecule has 0 amide bonds. The first-order chi connectivity index (χ1) is 47.1. The maximum atomic E-state index is 13.1. The molecule has 0 bridgehead atoms. The molecule has 0 aromatic rings. The highest BCUT2D eigenvalue weighted by atomic mass is 31.2. The normalized spacial score (nSPS) is 14.1. The van der Waals surface area contributed by atoms with Crippen LogP contribution in [0, 0.1) is 23.7 Å². The van der Waals surface area contributed by atoms with Crippen LogP contribution >= 0.6 is 15.6 Å². The Morgan fingerprint density at radius 2 is 0.429 bits per heavy atom. The molecule has 98 heavy (non-hydrogen) atoms. The molecule has 2 unspecified atom stereocenters. The fourth-order valence-corrected chi connectivity index (χ4v) is 13.7. The van der Waals surface area contributed by atoms with Crippen LogP contribution in [-0.2, 0) is 65.4 Å². The van der Waals surface area contributed by atoms with Crippen molar-refractivity contribution in [2.24, 2.45) is 23.7 Å². The maximum Gasteiger partial charge on any atom is 0.472 e. The summed E-state index contributed by atoms with van der Waals surface area (Å²) in [5.41, 5.74) is 0. The van der Waals surface area contributed by atoms with Crippen LogP contribution in [0.4, 0.5) is 0 Å². The number of hydrogen-bond donors (Lipinski definition) is 3. The first kappa shape index (κ1) is 96.1. The lowest BCUT2D eigenvalue weighted by molar-refractivity contribution is -0.161. The van der Waals surface area contributed by atoms with Crippen molar-refractivity contribution in [3.8, 4) is 0 Å². The van der Waals surface area contributed by atoms with Crippen LogP contribution in [0.3, 0.4) is 0 Å². The Kier molecular flexibility index (Phi) is 66.8. The molecule has 19 heteroatoms. The van der Waals surface area contributed by atoms with E-state index in [0.717, 1.165) is 114 Å². The number of phosphoric acid groups is 2. The van der Waals surface area contributed by atoms with Gasteiger partial charge in [-0.1, -0.05) is 351 Å². The van der Waals surface area contributed by atoms with Crippen LogP contribution in [-0.4, -0.2) is 96.7 Å². The van der Waals surface area contributed by atoms with E-state index in [1.807, 2.05) is 0 Å². The van der Waals surface area contributed by atoms with E-state index in [0.29, 0.717) is 31.6 Å². The summed E-state index contributed by atoms with van der Waals surface area (Å²) in [6.45, 7) is 14.2. The van der Waals surface area contributed by atoms with Crippen LogP contribution < -0.4 is 0 Å². The quantitative estimate of drug-likeness (QED) is 0.0222. The molecule has 0 radical (unpaired) electrons. The lowest BCUT2D eigenvalue weighted by Crippen LogP contribution is -2.30. The minimum Gasteiger partial charge on any atom is -0.462 e. The van der Waals surface area contributed by atoms with Crippen molar-refractivity contribution in [3.05, 3.63) is 0 Å². The van der Waals surface area contributed by atoms with Gasteiger partial charge in [-0.3, -0.25) is 37.3 Å². The number of carbonyl (C=O) groups excluding carboxylic acids is 4. The Morgan fingerprint density at radius 1 is 0.255 bits per heavy atom. The zero-order valence-corrected chi connectivity index (χ0v) is 66.2. The van der Waals surface area contributed by atoms with Crippen molar-refractivity contribution in [2.45, 2.75) is 420 Å². The summed E-state index contributed by atoms with van der Waals surface area (Å²) < 4.78 is 68.6. The van der Waals surface area contributed by atoms with Crippen molar-refractivity contribution in [2.75, 3.05) is 39.6 Å². The zero-order chi connectivity index (χ0) is 72.4. The number of unbranched alkanes of at least 4 members (excludes halogenated alkanes) is 42. The molecular formula is C79H154O17P2. The van der Waals surface area contributed by atoms with Gasteiger partial charge in [-0.05, 0) is 49.4 Å². The number of aliphatic hydroxyl groups excluding tert-OH is 1. The van der Waals surface area contributed by atoms with Crippen LogP contribution in [0.1, 0.15) is 402 Å². The first-order valence-corrected chi connectivity index (χ1v) is 43.7. The molecule has 0 saturated heterocycles. The van der Waals surface area contributed by atoms with Crippen LogP contribution in [0.2, 0.25) is 0 Å². The number of aliphatic hydroxyl groups is 1. The van der Waals surface area contributed by atoms with Gasteiger partial charge in [0.25, 0.3) is 0 Å². The molecule has 0 aromatic carbocycles. The second kappa shape index (κ2) is 68.2. The molecule has 5 atom stereocenters. The number of carbonyl (C=O) groups is 4. The van der Waals surface area contributed by atoms with Gasteiger partial charge in [0.1, 0.15) is 19.3 Å². The molecule has 0 aliphatic heterocycles. The number of hydrogen-bond acceptors (Lipinski definition) is 15. The van der Waals surface area contributed by atoms with Gasteiger partial charge in [0, 0.05) is 25.7 Å². The fraction of sp³-hybridized carbons (Fsp3) is 0.949. The van der Waals surface area contributed by atoms with E-state index in [1.54, 1.807) is 0 Å². The smallest absolute Gasteiger partial charge is 0.462 e. The van der Waals surface area contributed by atoms with Gasteiger partial charge < -0.3 is 33.8 Å². The molecule has 0 rings (SSSR count). The van der Waals surface area contributed by atoms with Crippen molar-refractivity contribution in [1.29, 1.82) is 0 Å². The molecule has 0 spiro atoms. The number of ether oxygens (including phenoxy) is 4. The highest BCUT2D eigenvalue weighted by Crippen LogP contribution is 2.45. The Hall–Kier alpha value is -1.94. The second-order valence-electron chi connectivity index (χ2n) is 30.4. The Bertz CT molecular complexity index is 1920. The topological polar surface area (TPSA) is 237 Å². The van der Waals surface area contributed by atoms with E-state index < -0.39 is 97.5 Å². The summed E-state index contributed by atoms with van der Waals surface area (Å²) in [7, 11) is -9.92. The van der Waals surface area contributed by atoms with Crippen molar-refractivity contribution >= 4 is 39.5 Å².